The van der Waals surface area contributed by atoms with Crippen molar-refractivity contribution >= 4 is 35.0 Å². The first kappa shape index (κ1) is 19.3. The Morgan fingerprint density at radius 3 is 1.92 bits per heavy atom. The summed E-state index contributed by atoms with van der Waals surface area (Å²) < 4.78 is 15.1. The minimum Gasteiger partial charge on any atom is -0.462 e. The fourth-order valence-corrected chi connectivity index (χ4v) is 3.09. The molecule has 0 fully saturated rings. The normalized spacial score (nSPS) is 10.1. The molecule has 0 aliphatic heterocycles. The van der Waals surface area contributed by atoms with Crippen molar-refractivity contribution < 1.29 is 33.4 Å². The van der Waals surface area contributed by atoms with Crippen LogP contribution in [0.5, 0.6) is 11.5 Å². The van der Waals surface area contributed by atoms with Gasteiger partial charge in [0.2, 0.25) is 5.78 Å². The highest BCUT2D eigenvalue weighted by atomic mass is 32.1. The number of thiophene rings is 1. The van der Waals surface area contributed by atoms with Crippen LogP contribution in [0.1, 0.15) is 45.7 Å². The number of rotatable bonds is 6. The number of carbonyl (C=O) groups is 4. The summed E-state index contributed by atoms with van der Waals surface area (Å²) in [6.45, 7) is 3.96. The third-order valence-corrected chi connectivity index (χ3v) is 4.15. The van der Waals surface area contributed by atoms with Crippen LogP contribution < -0.4 is 9.47 Å². The Balaban J connectivity index is 2.65. The van der Waals surface area contributed by atoms with Gasteiger partial charge in [-0.05, 0) is 6.92 Å². The van der Waals surface area contributed by atoms with Gasteiger partial charge < -0.3 is 14.2 Å². The van der Waals surface area contributed by atoms with Crippen LogP contribution in [0.2, 0.25) is 0 Å². The second-order valence-electron chi connectivity index (χ2n) is 5.02. The van der Waals surface area contributed by atoms with Crippen LogP contribution in [-0.2, 0) is 14.3 Å². The van der Waals surface area contributed by atoms with E-state index in [0.717, 1.165) is 25.2 Å². The zero-order valence-electron chi connectivity index (χ0n) is 14.4. The lowest BCUT2D eigenvalue weighted by Crippen LogP contribution is -2.11. The quantitative estimate of drug-likeness (QED) is 0.565. The zero-order valence-corrected chi connectivity index (χ0v) is 15.2. The van der Waals surface area contributed by atoms with Crippen molar-refractivity contribution in [2.45, 2.75) is 20.8 Å². The lowest BCUT2D eigenvalue weighted by atomic mass is 10.1. The molecule has 1 aromatic heterocycles. The highest BCUT2D eigenvalue weighted by Gasteiger charge is 2.32. The molecule has 2 aromatic rings. The van der Waals surface area contributed by atoms with Crippen LogP contribution in [-0.4, -0.2) is 30.3 Å². The van der Waals surface area contributed by atoms with E-state index in [9.17, 15) is 19.2 Å². The van der Waals surface area contributed by atoms with Gasteiger partial charge in [0, 0.05) is 19.4 Å². The number of benzene rings is 1. The highest BCUT2D eigenvalue weighted by Crippen LogP contribution is 2.44. The smallest absolute Gasteiger partial charge is 0.352 e. The molecule has 0 spiro atoms. The van der Waals surface area contributed by atoms with E-state index in [1.54, 1.807) is 37.3 Å². The molecule has 0 N–H and O–H groups in total. The fraction of sp³-hybridized carbons (Fsp3) is 0.222. The first-order valence-electron chi connectivity index (χ1n) is 7.65. The number of carbonyl (C=O) groups excluding carboxylic acids is 4. The lowest BCUT2D eigenvalue weighted by Gasteiger charge is -2.07. The molecular weight excluding hydrogens is 360 g/mol. The third kappa shape index (κ3) is 4.34. The number of hydrogen-bond acceptors (Lipinski definition) is 8. The number of ether oxygens (including phenoxy) is 3. The highest BCUT2D eigenvalue weighted by molar-refractivity contribution is 7.17. The van der Waals surface area contributed by atoms with Crippen LogP contribution in [0.15, 0.2) is 30.3 Å². The van der Waals surface area contributed by atoms with E-state index in [2.05, 4.69) is 0 Å². The maximum atomic E-state index is 12.8. The third-order valence-electron chi connectivity index (χ3n) is 3.02. The second kappa shape index (κ2) is 8.39. The largest absolute Gasteiger partial charge is 0.462 e. The van der Waals surface area contributed by atoms with Gasteiger partial charge in [0.1, 0.15) is 4.88 Å². The Bertz CT molecular complexity index is 852. The molecule has 0 saturated carbocycles. The van der Waals surface area contributed by atoms with Crippen molar-refractivity contribution in [3.8, 4) is 11.5 Å². The van der Waals surface area contributed by atoms with Crippen molar-refractivity contribution in [2.75, 3.05) is 6.61 Å². The molecule has 0 radical (unpaired) electrons. The minimum atomic E-state index is -0.783. The summed E-state index contributed by atoms with van der Waals surface area (Å²) in [5, 5.41) is 0. The summed E-state index contributed by atoms with van der Waals surface area (Å²) in [6, 6.07) is 8.24. The molecule has 0 saturated heterocycles. The van der Waals surface area contributed by atoms with E-state index in [1.807, 2.05) is 0 Å². The Morgan fingerprint density at radius 1 is 0.885 bits per heavy atom. The Hall–Kier alpha value is -3.00. The monoisotopic (exact) mass is 376 g/mol. The Morgan fingerprint density at radius 2 is 1.42 bits per heavy atom. The predicted molar refractivity (Wildman–Crippen MR) is 92.8 cm³/mol. The standard InChI is InChI=1S/C18H16O7S/c1-4-23-18(22)17-15(25-11(3)20)14(24-10(2)19)16(26-17)13(21)12-8-6-5-7-9-12/h5-9H,4H2,1-3H3. The Labute approximate surface area is 153 Å². The van der Waals surface area contributed by atoms with E-state index in [4.69, 9.17) is 14.2 Å². The SMILES string of the molecule is CCOC(=O)c1sc(C(=O)c2ccccc2)c(OC(C)=O)c1OC(C)=O. The molecule has 136 valence electrons. The van der Waals surface area contributed by atoms with Crippen molar-refractivity contribution in [2.24, 2.45) is 0 Å². The van der Waals surface area contributed by atoms with Gasteiger partial charge in [0.15, 0.2) is 16.4 Å². The molecule has 26 heavy (non-hydrogen) atoms. The summed E-state index contributed by atoms with van der Waals surface area (Å²) in [6.07, 6.45) is 0. The average Bonchev–Trinajstić information content (AvgIpc) is 2.92. The molecule has 7 nitrogen and oxygen atoms in total. The zero-order chi connectivity index (χ0) is 19.3. The van der Waals surface area contributed by atoms with Crippen molar-refractivity contribution in [3.63, 3.8) is 0 Å². The number of esters is 3. The molecule has 0 unspecified atom stereocenters. The summed E-state index contributed by atoms with van der Waals surface area (Å²) >= 11 is 0.743. The molecule has 0 aliphatic rings. The summed E-state index contributed by atoms with van der Waals surface area (Å²) in [4.78, 5) is 47.8. The molecule has 1 heterocycles. The molecular formula is C18H16O7S. The van der Waals surface area contributed by atoms with Gasteiger partial charge in [0.25, 0.3) is 0 Å². The van der Waals surface area contributed by atoms with Gasteiger partial charge in [-0.15, -0.1) is 11.3 Å². The minimum absolute atomic E-state index is 0.0364. The second-order valence-corrected chi connectivity index (χ2v) is 6.04. The number of hydrogen-bond donors (Lipinski definition) is 0. The van der Waals surface area contributed by atoms with E-state index >= 15 is 0 Å². The molecule has 0 bridgehead atoms. The first-order chi connectivity index (χ1) is 12.3. The molecule has 1 aromatic carbocycles. The van der Waals surface area contributed by atoms with Crippen molar-refractivity contribution in [1.29, 1.82) is 0 Å². The summed E-state index contributed by atoms with van der Waals surface area (Å²) in [7, 11) is 0. The van der Waals surface area contributed by atoms with Crippen LogP contribution in [0.4, 0.5) is 0 Å². The maximum Gasteiger partial charge on any atom is 0.352 e. The Kier molecular flexibility index (Phi) is 6.24. The maximum absolute atomic E-state index is 12.8. The van der Waals surface area contributed by atoms with Gasteiger partial charge in [-0.25, -0.2) is 4.79 Å². The van der Waals surface area contributed by atoms with Gasteiger partial charge in [-0.3, -0.25) is 14.4 Å². The van der Waals surface area contributed by atoms with Crippen LogP contribution >= 0.6 is 11.3 Å². The van der Waals surface area contributed by atoms with Crippen LogP contribution in [0, 0.1) is 0 Å². The predicted octanol–water partition coefficient (Wildman–Crippen LogP) is 3.01. The molecule has 2 rings (SSSR count). The van der Waals surface area contributed by atoms with Gasteiger partial charge in [0.05, 0.1) is 6.61 Å². The lowest BCUT2D eigenvalue weighted by molar-refractivity contribution is -0.134. The first-order valence-corrected chi connectivity index (χ1v) is 8.47. The fourth-order valence-electron chi connectivity index (χ4n) is 2.07. The van der Waals surface area contributed by atoms with E-state index in [-0.39, 0.29) is 27.9 Å². The topological polar surface area (TPSA) is 96.0 Å². The van der Waals surface area contributed by atoms with Crippen LogP contribution in [0.3, 0.4) is 0 Å². The van der Waals surface area contributed by atoms with Crippen molar-refractivity contribution in [3.05, 3.63) is 45.6 Å². The van der Waals surface area contributed by atoms with Gasteiger partial charge in [-0.1, -0.05) is 30.3 Å². The van der Waals surface area contributed by atoms with E-state index in [1.165, 1.54) is 0 Å². The van der Waals surface area contributed by atoms with E-state index < -0.39 is 23.7 Å². The van der Waals surface area contributed by atoms with Crippen LogP contribution in [0.25, 0.3) is 0 Å². The molecule has 0 atom stereocenters. The molecule has 0 amide bonds. The summed E-state index contributed by atoms with van der Waals surface area (Å²) in [5.74, 6) is -3.29. The summed E-state index contributed by atoms with van der Waals surface area (Å²) in [5.41, 5.74) is 0.326. The molecule has 0 aliphatic carbocycles. The average molecular weight is 376 g/mol. The van der Waals surface area contributed by atoms with Gasteiger partial charge in [-0.2, -0.15) is 0 Å². The number of ketones is 1. The van der Waals surface area contributed by atoms with E-state index in [0.29, 0.717) is 5.56 Å². The molecule has 8 heteroatoms. The van der Waals surface area contributed by atoms with Crippen molar-refractivity contribution in [1.82, 2.24) is 0 Å². The van der Waals surface area contributed by atoms with Gasteiger partial charge >= 0.3 is 17.9 Å².